The molecule has 0 spiro atoms. The van der Waals surface area contributed by atoms with Crippen molar-refractivity contribution in [2.24, 2.45) is 0 Å². The van der Waals surface area contributed by atoms with Crippen LogP contribution >= 0.6 is 22.9 Å². The number of carbonyl (C=O) groups is 1. The summed E-state index contributed by atoms with van der Waals surface area (Å²) in [6.07, 6.45) is 0. The number of nitro benzene ring substituents is 1. The second-order valence-electron chi connectivity index (χ2n) is 5.53. The summed E-state index contributed by atoms with van der Waals surface area (Å²) in [7, 11) is 0. The Labute approximate surface area is 161 Å². The summed E-state index contributed by atoms with van der Waals surface area (Å²) in [5.74, 6) is -1.72. The highest BCUT2D eigenvalue weighted by Crippen LogP contribution is 2.32. The maximum atomic E-state index is 13.6. The van der Waals surface area contributed by atoms with Crippen LogP contribution in [0.3, 0.4) is 0 Å². The number of nitrogen functional groups attached to an aromatic ring is 1. The van der Waals surface area contributed by atoms with Crippen molar-refractivity contribution in [2.75, 3.05) is 11.1 Å². The highest BCUT2D eigenvalue weighted by atomic mass is 35.5. The number of nitrogens with zero attached hydrogens (tertiary/aromatic N) is 2. The molecule has 7 nitrogen and oxygen atoms in total. The highest BCUT2D eigenvalue weighted by molar-refractivity contribution is 7.16. The fourth-order valence-corrected chi connectivity index (χ4v) is 3.39. The zero-order valence-electron chi connectivity index (χ0n) is 13.8. The Hall–Kier alpha value is -3.04. The largest absolute Gasteiger partial charge is 0.393 e. The lowest BCUT2D eigenvalue weighted by atomic mass is 10.1. The summed E-state index contributed by atoms with van der Waals surface area (Å²) in [6.45, 7) is 1.83. The molecule has 0 aliphatic heterocycles. The predicted octanol–water partition coefficient (Wildman–Crippen LogP) is 4.65. The van der Waals surface area contributed by atoms with E-state index < -0.39 is 28.0 Å². The molecule has 3 aromatic rings. The van der Waals surface area contributed by atoms with Gasteiger partial charge in [0.25, 0.3) is 11.6 Å². The number of nitrogens with two attached hydrogens (primary N) is 1. The molecule has 1 aromatic heterocycles. The fraction of sp³-hybridized carbons (Fsp3) is 0.0588. The van der Waals surface area contributed by atoms with Crippen molar-refractivity contribution in [3.8, 4) is 11.3 Å². The van der Waals surface area contributed by atoms with Crippen LogP contribution in [0.4, 0.5) is 20.9 Å². The van der Waals surface area contributed by atoms with Crippen molar-refractivity contribution in [2.45, 2.75) is 6.92 Å². The van der Waals surface area contributed by atoms with Gasteiger partial charge >= 0.3 is 0 Å². The van der Waals surface area contributed by atoms with Crippen LogP contribution < -0.4 is 11.1 Å². The van der Waals surface area contributed by atoms with Crippen LogP contribution in [0.5, 0.6) is 0 Å². The molecule has 0 fully saturated rings. The molecular weight excluding hydrogens is 395 g/mol. The third-order valence-corrected chi connectivity index (χ3v) is 4.84. The number of rotatable bonds is 4. The molecular formula is C17H12ClFN4O3S. The predicted molar refractivity (Wildman–Crippen MR) is 103 cm³/mol. The average Bonchev–Trinajstić information content (AvgIpc) is 2.97. The van der Waals surface area contributed by atoms with Gasteiger partial charge in [-0.15, -0.1) is 11.3 Å². The Morgan fingerprint density at radius 1 is 1.33 bits per heavy atom. The number of aryl methyl sites for hydroxylation is 1. The van der Waals surface area contributed by atoms with Crippen molar-refractivity contribution in [1.82, 2.24) is 4.98 Å². The molecule has 0 saturated heterocycles. The topological polar surface area (TPSA) is 111 Å². The Morgan fingerprint density at radius 2 is 2.00 bits per heavy atom. The van der Waals surface area contributed by atoms with Crippen molar-refractivity contribution in [3.05, 3.63) is 67.8 Å². The number of nitrogens with one attached hydrogen (secondary N) is 1. The van der Waals surface area contributed by atoms with Crippen molar-refractivity contribution in [1.29, 1.82) is 0 Å². The summed E-state index contributed by atoms with van der Waals surface area (Å²) >= 11 is 7.09. The first kappa shape index (κ1) is 18.7. The Bertz CT molecular complexity index is 1050. The molecule has 0 aliphatic rings. The zero-order valence-corrected chi connectivity index (χ0v) is 15.4. The van der Waals surface area contributed by atoms with Gasteiger partial charge in [-0.1, -0.05) is 23.7 Å². The Kier molecular flexibility index (Phi) is 5.06. The number of hydrogen-bond donors (Lipinski definition) is 2. The van der Waals surface area contributed by atoms with Crippen LogP contribution in [0.1, 0.15) is 15.2 Å². The van der Waals surface area contributed by atoms with Crippen molar-refractivity contribution < 1.29 is 14.1 Å². The van der Waals surface area contributed by atoms with Crippen LogP contribution in [-0.4, -0.2) is 15.8 Å². The maximum Gasteiger partial charge on any atom is 0.295 e. The van der Waals surface area contributed by atoms with E-state index in [9.17, 15) is 19.3 Å². The first-order valence-corrected chi connectivity index (χ1v) is 8.74. The minimum absolute atomic E-state index is 0.258. The number of nitro groups is 1. The summed E-state index contributed by atoms with van der Waals surface area (Å²) in [6, 6.07) is 8.55. The number of anilines is 2. The van der Waals surface area contributed by atoms with E-state index >= 15 is 0 Å². The molecule has 0 bridgehead atoms. The lowest BCUT2D eigenvalue weighted by molar-refractivity contribution is -0.384. The minimum atomic E-state index is -0.932. The van der Waals surface area contributed by atoms with Crippen molar-refractivity contribution in [3.63, 3.8) is 0 Å². The second-order valence-corrected chi connectivity index (χ2v) is 7.17. The molecule has 10 heteroatoms. The molecule has 27 heavy (non-hydrogen) atoms. The lowest BCUT2D eigenvalue weighted by Crippen LogP contribution is -2.15. The number of hydrogen-bond acceptors (Lipinski definition) is 6. The van der Waals surface area contributed by atoms with E-state index in [1.807, 2.05) is 6.92 Å². The van der Waals surface area contributed by atoms with Gasteiger partial charge in [-0.25, -0.2) is 9.37 Å². The number of amides is 1. The average molecular weight is 407 g/mol. The van der Waals surface area contributed by atoms with Gasteiger partial charge in [-0.05, 0) is 25.1 Å². The monoisotopic (exact) mass is 406 g/mol. The third kappa shape index (κ3) is 3.88. The first-order chi connectivity index (χ1) is 12.8. The Balaban J connectivity index is 1.90. The lowest BCUT2D eigenvalue weighted by Gasteiger charge is -2.06. The molecule has 0 radical (unpaired) electrons. The molecule has 3 N–H and O–H groups in total. The molecule has 1 heterocycles. The van der Waals surface area contributed by atoms with E-state index in [1.165, 1.54) is 11.3 Å². The molecule has 3 rings (SSSR count). The molecule has 0 aliphatic carbocycles. The number of benzene rings is 2. The smallest absolute Gasteiger partial charge is 0.295 e. The van der Waals surface area contributed by atoms with Gasteiger partial charge < -0.3 is 5.73 Å². The Morgan fingerprint density at radius 3 is 2.63 bits per heavy atom. The molecule has 2 aromatic carbocycles. The van der Waals surface area contributed by atoms with Crippen molar-refractivity contribution >= 4 is 45.4 Å². The summed E-state index contributed by atoms with van der Waals surface area (Å²) < 4.78 is 13.6. The van der Waals surface area contributed by atoms with E-state index in [4.69, 9.17) is 17.3 Å². The van der Waals surface area contributed by atoms with Gasteiger partial charge in [0.15, 0.2) is 5.13 Å². The van der Waals surface area contributed by atoms with E-state index in [0.29, 0.717) is 16.8 Å². The van der Waals surface area contributed by atoms with E-state index in [1.54, 1.807) is 24.3 Å². The number of thiazole rings is 1. The molecule has 0 saturated carbocycles. The van der Waals surface area contributed by atoms with Crippen LogP contribution in [-0.2, 0) is 0 Å². The zero-order chi connectivity index (χ0) is 19.7. The van der Waals surface area contributed by atoms with Crippen LogP contribution in [0.15, 0.2) is 36.4 Å². The molecule has 0 atom stereocenters. The summed E-state index contributed by atoms with van der Waals surface area (Å²) in [5.41, 5.74) is 5.71. The molecule has 0 unspecified atom stereocenters. The highest BCUT2D eigenvalue weighted by Gasteiger charge is 2.23. The second kappa shape index (κ2) is 7.29. The maximum absolute atomic E-state index is 13.6. The van der Waals surface area contributed by atoms with Crippen LogP contribution in [0.25, 0.3) is 11.3 Å². The van der Waals surface area contributed by atoms with Gasteiger partial charge in [-0.3, -0.25) is 20.2 Å². The number of halogens is 2. The standard InChI is InChI=1S/C17H12ClFN4O3S/c1-8-15(9-2-4-10(18)5-3-9)21-17(27-8)22-16(24)12-6-11(19)7-13(14(12)20)23(25)26/h2-7H,20H2,1H3,(H,21,22,24). The molecule has 138 valence electrons. The summed E-state index contributed by atoms with van der Waals surface area (Å²) in [5, 5.41) is 14.3. The van der Waals surface area contributed by atoms with E-state index in [-0.39, 0.29) is 10.7 Å². The third-order valence-electron chi connectivity index (χ3n) is 3.70. The minimum Gasteiger partial charge on any atom is -0.393 e. The quantitative estimate of drug-likeness (QED) is 0.372. The summed E-state index contributed by atoms with van der Waals surface area (Å²) in [4.78, 5) is 27.7. The first-order valence-electron chi connectivity index (χ1n) is 7.54. The number of aromatic nitrogens is 1. The van der Waals surface area contributed by atoms with Gasteiger partial charge in [0, 0.05) is 15.5 Å². The van der Waals surface area contributed by atoms with Crippen LogP contribution in [0, 0.1) is 22.9 Å². The van der Waals surface area contributed by atoms with Gasteiger partial charge in [0.05, 0.1) is 22.2 Å². The van der Waals surface area contributed by atoms with E-state index in [0.717, 1.165) is 16.5 Å². The normalized spacial score (nSPS) is 10.6. The number of carbonyl (C=O) groups excluding carboxylic acids is 1. The van der Waals surface area contributed by atoms with Gasteiger partial charge in [-0.2, -0.15) is 0 Å². The van der Waals surface area contributed by atoms with Gasteiger partial charge in [0.1, 0.15) is 11.5 Å². The van der Waals surface area contributed by atoms with E-state index in [2.05, 4.69) is 10.3 Å². The molecule has 1 amide bonds. The van der Waals surface area contributed by atoms with Gasteiger partial charge in [0.2, 0.25) is 0 Å². The fourth-order valence-electron chi connectivity index (χ4n) is 2.43. The SMILES string of the molecule is Cc1sc(NC(=O)c2cc(F)cc([N+](=O)[O-])c2N)nc1-c1ccc(Cl)cc1. The van der Waals surface area contributed by atoms with Crippen LogP contribution in [0.2, 0.25) is 5.02 Å².